The van der Waals surface area contributed by atoms with E-state index < -0.39 is 15.9 Å². The summed E-state index contributed by atoms with van der Waals surface area (Å²) in [6.07, 6.45) is 1.97. The largest absolute Gasteiger partial charge is 0.451 e. The van der Waals surface area contributed by atoms with Gasteiger partial charge in [-0.3, -0.25) is 9.59 Å². The number of hydrogen-bond acceptors (Lipinski definition) is 6. The third-order valence-electron chi connectivity index (χ3n) is 6.09. The molecule has 0 saturated carbocycles. The van der Waals surface area contributed by atoms with Crippen LogP contribution >= 0.6 is 11.8 Å². The van der Waals surface area contributed by atoms with Crippen LogP contribution in [0.25, 0.3) is 11.0 Å². The predicted octanol–water partition coefficient (Wildman–Crippen LogP) is 3.44. The fraction of sp³-hybridized carbons (Fsp3) is 0.250. The molecular weight excluding hydrogens is 474 g/mol. The number of fused-ring (bicyclic) bond motifs is 2. The number of carbonyl (C=O) groups excluding carboxylic acids is 2. The summed E-state index contributed by atoms with van der Waals surface area (Å²) < 4.78 is 33.4. The molecule has 1 aromatic heterocycles. The number of rotatable bonds is 6. The molecule has 2 fully saturated rings. The number of sulfonamides is 1. The first kappa shape index (κ1) is 22.7. The van der Waals surface area contributed by atoms with Crippen LogP contribution in [-0.2, 0) is 14.8 Å². The second-order valence-corrected chi connectivity index (χ2v) is 11.7. The minimum atomic E-state index is -3.66. The molecule has 3 atom stereocenters. The van der Waals surface area contributed by atoms with Gasteiger partial charge in [-0.1, -0.05) is 24.8 Å². The van der Waals surface area contributed by atoms with Gasteiger partial charge in [0.25, 0.3) is 5.91 Å². The van der Waals surface area contributed by atoms with Crippen LogP contribution in [-0.4, -0.2) is 48.3 Å². The van der Waals surface area contributed by atoms with E-state index in [1.807, 2.05) is 18.2 Å². The number of carbonyl (C=O) groups is 2. The molecule has 0 aliphatic carbocycles. The minimum Gasteiger partial charge on any atom is -0.451 e. The molecule has 0 bridgehead atoms. The first-order valence-corrected chi connectivity index (χ1v) is 13.2. The number of benzene rings is 2. The Morgan fingerprint density at radius 1 is 1.12 bits per heavy atom. The number of anilines is 1. The summed E-state index contributed by atoms with van der Waals surface area (Å²) in [5, 5.41) is 6.58. The van der Waals surface area contributed by atoms with Crippen molar-refractivity contribution >= 4 is 50.3 Å². The fourth-order valence-electron chi connectivity index (χ4n) is 4.38. The molecular formula is C24H23N3O5S2. The highest BCUT2D eigenvalue weighted by atomic mass is 32.2. The zero-order valence-electron chi connectivity index (χ0n) is 18.1. The van der Waals surface area contributed by atoms with Crippen LogP contribution in [0.3, 0.4) is 0 Å². The molecule has 2 saturated heterocycles. The average Bonchev–Trinajstić information content (AvgIpc) is 3.52. The van der Waals surface area contributed by atoms with Gasteiger partial charge in [0, 0.05) is 29.4 Å². The van der Waals surface area contributed by atoms with E-state index in [1.54, 1.807) is 36.0 Å². The Kier molecular flexibility index (Phi) is 5.97. The lowest BCUT2D eigenvalue weighted by Crippen LogP contribution is -2.33. The van der Waals surface area contributed by atoms with Crippen LogP contribution in [0.2, 0.25) is 0 Å². The third-order valence-corrected chi connectivity index (χ3v) is 9.46. The maximum Gasteiger partial charge on any atom is 0.291 e. The number of amides is 2. The molecule has 2 amide bonds. The van der Waals surface area contributed by atoms with Crippen molar-refractivity contribution in [1.82, 2.24) is 9.62 Å². The van der Waals surface area contributed by atoms with Gasteiger partial charge in [0.2, 0.25) is 15.9 Å². The Hall–Kier alpha value is -3.08. The molecule has 2 aromatic carbocycles. The van der Waals surface area contributed by atoms with E-state index in [4.69, 9.17) is 4.42 Å². The number of furan rings is 1. The Balaban J connectivity index is 1.22. The van der Waals surface area contributed by atoms with Gasteiger partial charge < -0.3 is 15.1 Å². The Morgan fingerprint density at radius 2 is 1.88 bits per heavy atom. The van der Waals surface area contributed by atoms with E-state index in [2.05, 4.69) is 17.2 Å². The van der Waals surface area contributed by atoms with Crippen LogP contribution in [0, 0.1) is 5.92 Å². The molecule has 2 aliphatic rings. The van der Waals surface area contributed by atoms with Crippen LogP contribution in [0.4, 0.5) is 5.69 Å². The summed E-state index contributed by atoms with van der Waals surface area (Å²) in [7, 11) is -3.66. The molecule has 5 rings (SSSR count). The number of hydrogen-bond donors (Lipinski definition) is 2. The number of para-hydroxylation sites is 1. The highest BCUT2D eigenvalue weighted by Crippen LogP contribution is 2.43. The average molecular weight is 498 g/mol. The number of nitrogens with one attached hydrogen (secondary N) is 2. The fourth-order valence-corrected chi connectivity index (χ4v) is 7.64. The van der Waals surface area contributed by atoms with Gasteiger partial charge in [0.1, 0.15) is 5.58 Å². The summed E-state index contributed by atoms with van der Waals surface area (Å²) in [4.78, 5) is 24.2. The SMILES string of the molecule is C=CC(=O)NC1CC2CN(S(=O)(=O)c3ccc(NC(=O)c4cc5ccccc5o4)cc3)CC2S1. The lowest BCUT2D eigenvalue weighted by atomic mass is 10.1. The Labute approximate surface area is 201 Å². The zero-order valence-corrected chi connectivity index (χ0v) is 19.8. The lowest BCUT2D eigenvalue weighted by molar-refractivity contribution is -0.116. The van der Waals surface area contributed by atoms with Crippen LogP contribution < -0.4 is 10.6 Å². The Bertz CT molecular complexity index is 1320. The zero-order chi connectivity index (χ0) is 23.9. The maximum atomic E-state index is 13.2. The summed E-state index contributed by atoms with van der Waals surface area (Å²) in [5.41, 5.74) is 1.09. The molecule has 0 spiro atoms. The van der Waals surface area contributed by atoms with E-state index in [0.29, 0.717) is 24.4 Å². The van der Waals surface area contributed by atoms with E-state index in [9.17, 15) is 18.0 Å². The maximum absolute atomic E-state index is 13.2. The minimum absolute atomic E-state index is 0.0139. The highest BCUT2D eigenvalue weighted by molar-refractivity contribution is 8.00. The van der Waals surface area contributed by atoms with E-state index in [0.717, 1.165) is 11.8 Å². The van der Waals surface area contributed by atoms with E-state index >= 15 is 0 Å². The van der Waals surface area contributed by atoms with Gasteiger partial charge in [-0.05, 0) is 54.8 Å². The van der Waals surface area contributed by atoms with Crippen molar-refractivity contribution in [3.05, 3.63) is 73.0 Å². The third kappa shape index (κ3) is 4.36. The quantitative estimate of drug-likeness (QED) is 0.505. The highest BCUT2D eigenvalue weighted by Gasteiger charge is 2.45. The molecule has 0 radical (unpaired) electrons. The normalized spacial score (nSPS) is 22.4. The van der Waals surface area contributed by atoms with Crippen molar-refractivity contribution < 1.29 is 22.4 Å². The molecule has 8 nitrogen and oxygen atoms in total. The van der Waals surface area contributed by atoms with Gasteiger partial charge in [-0.25, -0.2) is 8.42 Å². The molecule has 34 heavy (non-hydrogen) atoms. The lowest BCUT2D eigenvalue weighted by Gasteiger charge is -2.19. The van der Waals surface area contributed by atoms with Gasteiger partial charge in [-0.2, -0.15) is 4.31 Å². The van der Waals surface area contributed by atoms with E-state index in [-0.39, 0.29) is 33.1 Å². The van der Waals surface area contributed by atoms with Crippen LogP contribution in [0.1, 0.15) is 17.0 Å². The van der Waals surface area contributed by atoms with E-state index in [1.165, 1.54) is 22.5 Å². The summed E-state index contributed by atoms with van der Waals surface area (Å²) in [5.74, 6) is -0.248. The van der Waals surface area contributed by atoms with Crippen molar-refractivity contribution in [2.24, 2.45) is 5.92 Å². The van der Waals surface area contributed by atoms with Gasteiger partial charge >= 0.3 is 0 Å². The topological polar surface area (TPSA) is 109 Å². The Morgan fingerprint density at radius 3 is 2.59 bits per heavy atom. The second kappa shape index (κ2) is 8.94. The molecule has 2 aliphatic heterocycles. The molecule has 3 heterocycles. The molecule has 10 heteroatoms. The van der Waals surface area contributed by atoms with Crippen molar-refractivity contribution in [2.45, 2.75) is 21.9 Å². The number of thioether (sulfide) groups is 1. The second-order valence-electron chi connectivity index (χ2n) is 8.32. The molecule has 2 N–H and O–H groups in total. The van der Waals surface area contributed by atoms with Crippen LogP contribution in [0.5, 0.6) is 0 Å². The molecule has 3 unspecified atom stereocenters. The van der Waals surface area contributed by atoms with Gasteiger partial charge in [-0.15, -0.1) is 11.8 Å². The molecule has 3 aromatic rings. The van der Waals surface area contributed by atoms with Crippen molar-refractivity contribution in [2.75, 3.05) is 18.4 Å². The molecule has 176 valence electrons. The van der Waals surface area contributed by atoms with Gasteiger partial charge in [0.15, 0.2) is 5.76 Å². The monoisotopic (exact) mass is 497 g/mol. The first-order chi connectivity index (χ1) is 16.3. The first-order valence-electron chi connectivity index (χ1n) is 10.8. The van der Waals surface area contributed by atoms with Crippen molar-refractivity contribution in [1.29, 1.82) is 0 Å². The van der Waals surface area contributed by atoms with Crippen molar-refractivity contribution in [3.8, 4) is 0 Å². The van der Waals surface area contributed by atoms with Gasteiger partial charge in [0.05, 0.1) is 10.3 Å². The summed E-state index contributed by atoms with van der Waals surface area (Å²) in [6, 6.07) is 15.1. The smallest absolute Gasteiger partial charge is 0.291 e. The summed E-state index contributed by atoms with van der Waals surface area (Å²) in [6.45, 7) is 4.29. The standard InChI is InChI=1S/C24H23N3O5S2/c1-2-22(28)26-23-12-16-13-27(14-21(16)33-23)34(30,31)18-9-7-17(8-10-18)25-24(29)20-11-15-5-3-4-6-19(15)32-20/h2-11,16,21,23H,1,12-14H2,(H,25,29)(H,26,28). The number of nitrogens with zero attached hydrogens (tertiary/aromatic N) is 1. The predicted molar refractivity (Wildman–Crippen MR) is 131 cm³/mol. The van der Waals surface area contributed by atoms with Crippen molar-refractivity contribution in [3.63, 3.8) is 0 Å². The van der Waals surface area contributed by atoms with Crippen LogP contribution in [0.15, 0.2) is 76.6 Å². The summed E-state index contributed by atoms with van der Waals surface area (Å²) >= 11 is 1.61.